The quantitative estimate of drug-likeness (QED) is 0.347. The molecule has 3 aromatic carbocycles. The fourth-order valence-corrected chi connectivity index (χ4v) is 4.30. The highest BCUT2D eigenvalue weighted by Crippen LogP contribution is 2.24. The van der Waals surface area contributed by atoms with Gasteiger partial charge in [-0.15, -0.1) is 5.10 Å². The first kappa shape index (κ1) is 21.9. The summed E-state index contributed by atoms with van der Waals surface area (Å²) in [6.45, 7) is 0. The third-order valence-corrected chi connectivity index (χ3v) is 6.20. The van der Waals surface area contributed by atoms with Crippen molar-refractivity contribution in [3.05, 3.63) is 118 Å². The van der Waals surface area contributed by atoms with Crippen molar-refractivity contribution in [2.24, 2.45) is 4.99 Å². The van der Waals surface area contributed by atoms with Crippen LogP contribution in [0.4, 0.5) is 0 Å². The number of hydrogen-bond donors (Lipinski definition) is 0. The molecule has 0 N–H and O–H groups in total. The summed E-state index contributed by atoms with van der Waals surface area (Å²) in [4.78, 5) is 35.1. The SMILES string of the molecule is O=C1CC=CN=C1c1ccc(-c2nc3nn(-c4ccccc4)cc3c(=O)n2-c2ccc(Cl)cc2)cc1. The van der Waals surface area contributed by atoms with Crippen LogP contribution >= 0.6 is 11.6 Å². The number of halogens is 1. The molecule has 0 spiro atoms. The summed E-state index contributed by atoms with van der Waals surface area (Å²) in [6.07, 6.45) is 5.40. The molecule has 6 rings (SSSR count). The molecule has 0 unspecified atom stereocenters. The lowest BCUT2D eigenvalue weighted by Gasteiger charge is -2.13. The zero-order valence-corrected chi connectivity index (χ0v) is 19.6. The Morgan fingerprint density at radius 3 is 2.25 bits per heavy atom. The fourth-order valence-electron chi connectivity index (χ4n) is 4.17. The van der Waals surface area contributed by atoms with Gasteiger partial charge in [0.25, 0.3) is 5.56 Å². The van der Waals surface area contributed by atoms with E-state index in [0.717, 1.165) is 5.69 Å². The summed E-state index contributed by atoms with van der Waals surface area (Å²) in [5.74, 6) is 0.394. The van der Waals surface area contributed by atoms with Gasteiger partial charge < -0.3 is 0 Å². The molecule has 3 heterocycles. The third-order valence-electron chi connectivity index (χ3n) is 5.95. The van der Waals surface area contributed by atoms with Gasteiger partial charge >= 0.3 is 0 Å². The molecule has 0 aliphatic carbocycles. The summed E-state index contributed by atoms with van der Waals surface area (Å²) in [5, 5.41) is 5.54. The Morgan fingerprint density at radius 2 is 1.53 bits per heavy atom. The number of aromatic nitrogens is 4. The van der Waals surface area contributed by atoms with E-state index >= 15 is 0 Å². The smallest absolute Gasteiger partial charge is 0.269 e. The second kappa shape index (κ2) is 8.87. The Hall–Kier alpha value is -4.62. The number of benzene rings is 3. The Morgan fingerprint density at radius 1 is 0.806 bits per heavy atom. The summed E-state index contributed by atoms with van der Waals surface area (Å²) >= 11 is 6.11. The molecule has 36 heavy (non-hydrogen) atoms. The number of allylic oxidation sites excluding steroid dienone is 1. The molecular weight excluding hydrogens is 474 g/mol. The molecule has 0 amide bonds. The van der Waals surface area contributed by atoms with E-state index in [0.29, 0.717) is 50.8 Å². The molecule has 0 atom stereocenters. The first-order valence-electron chi connectivity index (χ1n) is 11.3. The molecule has 0 fully saturated rings. The number of nitrogens with zero attached hydrogens (tertiary/aromatic N) is 5. The molecule has 7 nitrogen and oxygen atoms in total. The van der Waals surface area contributed by atoms with Gasteiger partial charge in [-0.25, -0.2) is 9.67 Å². The van der Waals surface area contributed by atoms with E-state index in [4.69, 9.17) is 16.6 Å². The van der Waals surface area contributed by atoms with Crippen LogP contribution < -0.4 is 5.56 Å². The molecule has 0 radical (unpaired) electrons. The van der Waals surface area contributed by atoms with Crippen LogP contribution in [0.15, 0.2) is 107 Å². The van der Waals surface area contributed by atoms with E-state index in [2.05, 4.69) is 10.1 Å². The van der Waals surface area contributed by atoms with E-state index in [9.17, 15) is 9.59 Å². The normalized spacial score (nSPS) is 13.2. The minimum absolute atomic E-state index is 0.0330. The Labute approximate surface area is 210 Å². The van der Waals surface area contributed by atoms with Gasteiger partial charge in [-0.05, 0) is 36.4 Å². The molecule has 1 aliphatic heterocycles. The highest BCUT2D eigenvalue weighted by atomic mass is 35.5. The highest BCUT2D eigenvalue weighted by Gasteiger charge is 2.19. The van der Waals surface area contributed by atoms with Crippen LogP contribution in [0.3, 0.4) is 0 Å². The lowest BCUT2D eigenvalue weighted by Crippen LogP contribution is -2.21. The molecule has 1 aliphatic rings. The first-order chi connectivity index (χ1) is 17.6. The second-order valence-corrected chi connectivity index (χ2v) is 8.70. The van der Waals surface area contributed by atoms with Gasteiger partial charge in [-0.3, -0.25) is 19.1 Å². The predicted molar refractivity (Wildman–Crippen MR) is 140 cm³/mol. The van der Waals surface area contributed by atoms with E-state index in [1.54, 1.807) is 52.0 Å². The maximum absolute atomic E-state index is 13.8. The monoisotopic (exact) mass is 491 g/mol. The summed E-state index contributed by atoms with van der Waals surface area (Å²) < 4.78 is 3.20. The van der Waals surface area contributed by atoms with Crippen molar-refractivity contribution in [1.82, 2.24) is 19.3 Å². The van der Waals surface area contributed by atoms with Crippen molar-refractivity contribution in [2.75, 3.05) is 0 Å². The zero-order chi connectivity index (χ0) is 24.6. The van der Waals surface area contributed by atoms with Gasteiger partial charge in [0.1, 0.15) is 16.9 Å². The van der Waals surface area contributed by atoms with Crippen LogP contribution in [0.2, 0.25) is 5.02 Å². The number of ketones is 1. The lowest BCUT2D eigenvalue weighted by atomic mass is 10.0. The number of aliphatic imine (C=N–C) groups is 1. The number of rotatable bonds is 4. The van der Waals surface area contributed by atoms with Crippen molar-refractivity contribution < 1.29 is 4.79 Å². The number of carbonyl (C=O) groups excluding carboxylic acids is 1. The van der Waals surface area contributed by atoms with Crippen molar-refractivity contribution >= 4 is 34.1 Å². The Bertz CT molecular complexity index is 1730. The average molecular weight is 492 g/mol. The zero-order valence-electron chi connectivity index (χ0n) is 18.9. The fraction of sp³-hybridized carbons (Fsp3) is 0.0357. The molecule has 174 valence electrons. The third kappa shape index (κ3) is 3.85. The topological polar surface area (TPSA) is 82.1 Å². The van der Waals surface area contributed by atoms with Crippen molar-refractivity contribution in [3.8, 4) is 22.8 Å². The van der Waals surface area contributed by atoms with Crippen molar-refractivity contribution in [1.29, 1.82) is 0 Å². The molecular formula is C28H18ClN5O2. The summed E-state index contributed by atoms with van der Waals surface area (Å²) in [7, 11) is 0. The van der Waals surface area contributed by atoms with Gasteiger partial charge in [0.15, 0.2) is 11.4 Å². The Kier molecular flexibility index (Phi) is 5.39. The van der Waals surface area contributed by atoms with Crippen LogP contribution in [0.25, 0.3) is 33.8 Å². The molecule has 8 heteroatoms. The first-order valence-corrected chi connectivity index (χ1v) is 11.7. The van der Waals surface area contributed by atoms with E-state index < -0.39 is 0 Å². The van der Waals surface area contributed by atoms with Crippen LogP contribution in [-0.2, 0) is 4.79 Å². The number of para-hydroxylation sites is 1. The number of carbonyl (C=O) groups is 1. The van der Waals surface area contributed by atoms with Crippen LogP contribution in [0.5, 0.6) is 0 Å². The average Bonchev–Trinajstić information content (AvgIpc) is 3.35. The van der Waals surface area contributed by atoms with Crippen LogP contribution in [0.1, 0.15) is 12.0 Å². The summed E-state index contributed by atoms with van der Waals surface area (Å²) in [6, 6.07) is 23.9. The van der Waals surface area contributed by atoms with E-state index in [1.165, 1.54) is 0 Å². The molecule has 0 saturated heterocycles. The van der Waals surface area contributed by atoms with Gasteiger partial charge in [-0.1, -0.05) is 60.1 Å². The van der Waals surface area contributed by atoms with E-state index in [1.807, 2.05) is 54.6 Å². The largest absolute Gasteiger partial charge is 0.292 e. The summed E-state index contributed by atoms with van der Waals surface area (Å²) in [5.41, 5.74) is 3.37. The van der Waals surface area contributed by atoms with Crippen LogP contribution in [0, 0.1) is 0 Å². The second-order valence-electron chi connectivity index (χ2n) is 8.27. The number of hydrogen-bond acceptors (Lipinski definition) is 5. The van der Waals surface area contributed by atoms with Gasteiger partial charge in [0.2, 0.25) is 0 Å². The number of fused-ring (bicyclic) bond motifs is 1. The van der Waals surface area contributed by atoms with Gasteiger partial charge in [0.05, 0.1) is 11.4 Å². The van der Waals surface area contributed by atoms with Crippen LogP contribution in [-0.4, -0.2) is 30.8 Å². The Balaban J connectivity index is 1.54. The maximum Gasteiger partial charge on any atom is 0.269 e. The minimum Gasteiger partial charge on any atom is -0.292 e. The lowest BCUT2D eigenvalue weighted by molar-refractivity contribution is -0.112. The predicted octanol–water partition coefficient (Wildman–Crippen LogP) is 5.17. The molecule has 2 aromatic heterocycles. The molecule has 0 bridgehead atoms. The van der Waals surface area contributed by atoms with E-state index in [-0.39, 0.29) is 11.3 Å². The number of Topliss-reactive ketones (excluding diaryl/α,β-unsaturated/α-hetero) is 1. The highest BCUT2D eigenvalue weighted by molar-refractivity contribution is 6.47. The van der Waals surface area contributed by atoms with Gasteiger partial charge in [0, 0.05) is 35.0 Å². The van der Waals surface area contributed by atoms with Crippen molar-refractivity contribution in [3.63, 3.8) is 0 Å². The van der Waals surface area contributed by atoms with Gasteiger partial charge in [-0.2, -0.15) is 0 Å². The maximum atomic E-state index is 13.8. The molecule has 5 aromatic rings. The molecule has 0 saturated carbocycles. The minimum atomic E-state index is -0.249. The standard InChI is InChI=1S/C28H18ClN5O2/c29-20-12-14-22(15-13-20)34-27(19-10-8-18(9-11-19)25-24(35)7-4-16-30-25)31-26-23(28(34)36)17-33(32-26)21-5-2-1-3-6-21/h1-6,8-17H,7H2. The van der Waals surface area contributed by atoms with Crippen molar-refractivity contribution in [2.45, 2.75) is 6.42 Å².